The second-order valence-electron chi connectivity index (χ2n) is 8.57. The van der Waals surface area contributed by atoms with Crippen molar-refractivity contribution in [2.24, 2.45) is 34.0 Å². The van der Waals surface area contributed by atoms with Crippen LogP contribution in [-0.4, -0.2) is 0 Å². The number of hydrogen-bond donors (Lipinski definition) is 0. The van der Waals surface area contributed by atoms with Crippen molar-refractivity contribution in [3.05, 3.63) is 0 Å². The maximum absolute atomic E-state index is 2.49. The molecule has 0 spiro atoms. The van der Waals surface area contributed by atoms with Crippen molar-refractivity contribution < 1.29 is 0 Å². The fourth-order valence-corrected chi connectivity index (χ4v) is 3.66. The minimum atomic E-state index is 0.420. The summed E-state index contributed by atoms with van der Waals surface area (Å²) >= 11 is 0. The molecule has 0 amide bonds. The van der Waals surface area contributed by atoms with Gasteiger partial charge in [-0.2, -0.15) is 0 Å². The Hall–Kier alpha value is 0. The molecule has 0 aromatic carbocycles. The predicted molar refractivity (Wildman–Crippen MR) is 78.1 cm³/mol. The van der Waals surface area contributed by atoms with E-state index in [1.807, 2.05) is 0 Å². The van der Waals surface area contributed by atoms with Crippen LogP contribution in [0.15, 0.2) is 0 Å². The quantitative estimate of drug-likeness (QED) is 0.503. The second-order valence-corrected chi connectivity index (χ2v) is 8.57. The van der Waals surface area contributed by atoms with Gasteiger partial charge in [-0.25, -0.2) is 0 Å². The largest absolute Gasteiger partial charge is 0.0620 e. The van der Waals surface area contributed by atoms with Gasteiger partial charge in [0.2, 0.25) is 0 Å². The summed E-state index contributed by atoms with van der Waals surface area (Å²) in [4.78, 5) is 0. The summed E-state index contributed by atoms with van der Waals surface area (Å²) in [5, 5.41) is 0. The van der Waals surface area contributed by atoms with Gasteiger partial charge in [-0.3, -0.25) is 0 Å². The lowest BCUT2D eigenvalue weighted by Gasteiger charge is -2.55. The Kier molecular flexibility index (Phi) is 3.79. The first-order valence-electron chi connectivity index (χ1n) is 7.43. The first-order chi connectivity index (χ1) is 7.43. The molecule has 0 aromatic heterocycles. The molecule has 3 unspecified atom stereocenters. The van der Waals surface area contributed by atoms with Gasteiger partial charge >= 0.3 is 0 Å². The number of rotatable bonds is 0. The van der Waals surface area contributed by atoms with Crippen molar-refractivity contribution in [1.82, 2.24) is 0 Å². The first kappa shape index (κ1) is 15.1. The highest BCUT2D eigenvalue weighted by Gasteiger charge is 2.48. The highest BCUT2D eigenvalue weighted by atomic mass is 14.5. The van der Waals surface area contributed by atoms with E-state index in [2.05, 4.69) is 62.3 Å². The van der Waals surface area contributed by atoms with E-state index in [1.165, 1.54) is 12.8 Å². The van der Waals surface area contributed by atoms with Crippen LogP contribution in [0.5, 0.6) is 0 Å². The van der Waals surface area contributed by atoms with Crippen molar-refractivity contribution in [1.29, 1.82) is 0 Å². The van der Waals surface area contributed by atoms with Gasteiger partial charge in [-0.1, -0.05) is 62.3 Å². The van der Waals surface area contributed by atoms with E-state index >= 15 is 0 Å². The lowest BCUT2D eigenvalue weighted by atomic mass is 9.50. The van der Waals surface area contributed by atoms with Crippen molar-refractivity contribution >= 4 is 0 Å². The van der Waals surface area contributed by atoms with E-state index < -0.39 is 0 Å². The van der Waals surface area contributed by atoms with E-state index in [4.69, 9.17) is 0 Å². The third-order valence-corrected chi connectivity index (χ3v) is 7.00. The molecule has 1 aliphatic carbocycles. The first-order valence-corrected chi connectivity index (χ1v) is 7.43. The van der Waals surface area contributed by atoms with Gasteiger partial charge in [0.05, 0.1) is 0 Å². The van der Waals surface area contributed by atoms with Crippen LogP contribution in [0.3, 0.4) is 0 Å². The average molecular weight is 238 g/mol. The third kappa shape index (κ3) is 2.42. The Morgan fingerprint density at radius 1 is 0.647 bits per heavy atom. The molecule has 1 aliphatic rings. The molecule has 102 valence electrons. The molecular formula is C17H34. The van der Waals surface area contributed by atoms with Gasteiger partial charge in [-0.15, -0.1) is 0 Å². The molecule has 1 fully saturated rings. The van der Waals surface area contributed by atoms with Crippen molar-refractivity contribution in [3.63, 3.8) is 0 Å². The summed E-state index contributed by atoms with van der Waals surface area (Å²) in [5.74, 6) is 2.42. The minimum Gasteiger partial charge on any atom is -0.0620 e. The van der Waals surface area contributed by atoms with Gasteiger partial charge in [-0.05, 0) is 46.8 Å². The summed E-state index contributed by atoms with van der Waals surface area (Å²) < 4.78 is 0. The normalized spacial score (nSPS) is 40.4. The van der Waals surface area contributed by atoms with Crippen LogP contribution in [0.1, 0.15) is 75.2 Å². The molecular weight excluding hydrogens is 204 g/mol. The monoisotopic (exact) mass is 238 g/mol. The topological polar surface area (TPSA) is 0 Å². The molecule has 3 atom stereocenters. The van der Waals surface area contributed by atoms with E-state index in [0.29, 0.717) is 16.2 Å². The molecule has 0 radical (unpaired) electrons. The van der Waals surface area contributed by atoms with Gasteiger partial charge in [0.1, 0.15) is 0 Å². The van der Waals surface area contributed by atoms with Crippen LogP contribution in [-0.2, 0) is 0 Å². The van der Waals surface area contributed by atoms with Crippen molar-refractivity contribution in [2.45, 2.75) is 75.2 Å². The Morgan fingerprint density at radius 3 is 1.53 bits per heavy atom. The minimum absolute atomic E-state index is 0.420. The van der Waals surface area contributed by atoms with Crippen LogP contribution in [0.25, 0.3) is 0 Å². The molecule has 0 aromatic rings. The molecule has 0 aliphatic heterocycles. The average Bonchev–Trinajstić information content (AvgIpc) is 2.15. The molecule has 0 bridgehead atoms. The summed E-state index contributed by atoms with van der Waals surface area (Å²) in [5.41, 5.74) is 1.34. The maximum atomic E-state index is 2.49. The van der Waals surface area contributed by atoms with Crippen LogP contribution in [0, 0.1) is 34.0 Å². The van der Waals surface area contributed by atoms with E-state index in [1.54, 1.807) is 0 Å². The van der Waals surface area contributed by atoms with E-state index in [-0.39, 0.29) is 0 Å². The zero-order valence-electron chi connectivity index (χ0n) is 13.6. The predicted octanol–water partition coefficient (Wildman–Crippen LogP) is 5.77. The highest BCUT2D eigenvalue weighted by molar-refractivity contribution is 4.98. The summed E-state index contributed by atoms with van der Waals surface area (Å²) in [6, 6.07) is 0. The number of hydrogen-bond acceptors (Lipinski definition) is 0. The van der Waals surface area contributed by atoms with E-state index in [0.717, 1.165) is 17.8 Å². The summed E-state index contributed by atoms with van der Waals surface area (Å²) in [6.45, 7) is 22.3. The van der Waals surface area contributed by atoms with Gasteiger partial charge in [0, 0.05) is 0 Å². The molecule has 17 heavy (non-hydrogen) atoms. The van der Waals surface area contributed by atoms with Crippen LogP contribution < -0.4 is 0 Å². The fourth-order valence-electron chi connectivity index (χ4n) is 3.66. The summed E-state index contributed by atoms with van der Waals surface area (Å²) in [7, 11) is 0. The van der Waals surface area contributed by atoms with Gasteiger partial charge in [0.25, 0.3) is 0 Å². The molecule has 0 heteroatoms. The van der Waals surface area contributed by atoms with Gasteiger partial charge in [0.15, 0.2) is 0 Å². The third-order valence-electron chi connectivity index (χ3n) is 7.00. The Bertz CT molecular complexity index is 270. The van der Waals surface area contributed by atoms with Gasteiger partial charge < -0.3 is 0 Å². The lowest BCUT2D eigenvalue weighted by molar-refractivity contribution is -0.0573. The Labute approximate surface area is 110 Å². The van der Waals surface area contributed by atoms with Crippen molar-refractivity contribution in [3.8, 4) is 0 Å². The second kappa shape index (κ2) is 4.28. The highest BCUT2D eigenvalue weighted by Crippen LogP contribution is 2.57. The van der Waals surface area contributed by atoms with Crippen LogP contribution in [0.4, 0.5) is 0 Å². The van der Waals surface area contributed by atoms with Crippen LogP contribution in [0.2, 0.25) is 0 Å². The fraction of sp³-hybridized carbons (Fsp3) is 1.00. The zero-order valence-corrected chi connectivity index (χ0v) is 13.6. The molecule has 0 N–H and O–H groups in total. The Morgan fingerprint density at radius 2 is 1.06 bits per heavy atom. The maximum Gasteiger partial charge on any atom is -0.0275 e. The summed E-state index contributed by atoms with van der Waals surface area (Å²) in [6.07, 6.45) is 2.73. The standard InChI is InChI=1S/C17H34/c1-12-10-13(2)16(6,7)17(8,9)14(3)11-15(12,4)5/h12-14H,10-11H2,1-9H3. The SMILES string of the molecule is CC1CC(C)C(C)(C)C(C)(C)C(C)CC1(C)C. The van der Waals surface area contributed by atoms with Crippen molar-refractivity contribution in [2.75, 3.05) is 0 Å². The molecule has 0 nitrogen and oxygen atoms in total. The zero-order chi connectivity index (χ0) is 13.6. The van der Waals surface area contributed by atoms with E-state index in [9.17, 15) is 0 Å². The molecule has 0 saturated heterocycles. The Balaban J connectivity index is 3.14. The molecule has 0 heterocycles. The lowest BCUT2D eigenvalue weighted by Crippen LogP contribution is -2.47. The molecule has 1 saturated carbocycles. The molecule has 1 rings (SSSR count). The van der Waals surface area contributed by atoms with Crippen LogP contribution >= 0.6 is 0 Å². The smallest absolute Gasteiger partial charge is 0.0275 e.